The molecular formula is C15H17N3O2. The van der Waals surface area contributed by atoms with Crippen LogP contribution in [0, 0.1) is 0 Å². The minimum atomic E-state index is -0.172. The third kappa shape index (κ3) is 3.12. The second-order valence-electron chi connectivity index (χ2n) is 4.07. The van der Waals surface area contributed by atoms with Gasteiger partial charge in [0.15, 0.2) is 5.69 Å². The van der Waals surface area contributed by atoms with Crippen LogP contribution in [0.2, 0.25) is 0 Å². The molecule has 1 aromatic carbocycles. The highest BCUT2D eigenvalue weighted by molar-refractivity contribution is 6.04. The van der Waals surface area contributed by atoms with Crippen molar-refractivity contribution in [3.8, 4) is 5.88 Å². The van der Waals surface area contributed by atoms with Crippen molar-refractivity contribution < 1.29 is 9.53 Å². The zero-order valence-electron chi connectivity index (χ0n) is 11.6. The molecule has 0 aliphatic heterocycles. The van der Waals surface area contributed by atoms with Gasteiger partial charge in [0, 0.05) is 18.3 Å². The van der Waals surface area contributed by atoms with Crippen LogP contribution in [0.5, 0.6) is 5.88 Å². The van der Waals surface area contributed by atoms with Crippen molar-refractivity contribution in [2.24, 2.45) is 0 Å². The molecule has 0 fully saturated rings. The minimum Gasteiger partial charge on any atom is -0.477 e. The molecule has 5 heteroatoms. The smallest absolute Gasteiger partial charge is 0.278 e. The Morgan fingerprint density at radius 2 is 1.85 bits per heavy atom. The first-order chi connectivity index (χ1) is 9.76. The number of hydrogen-bond acceptors (Lipinski definition) is 4. The van der Waals surface area contributed by atoms with Gasteiger partial charge in [0.1, 0.15) is 0 Å². The molecule has 0 N–H and O–H groups in total. The number of anilines is 1. The first-order valence-corrected chi connectivity index (χ1v) is 6.59. The van der Waals surface area contributed by atoms with Crippen LogP contribution in [0.1, 0.15) is 24.3 Å². The number of nitrogens with zero attached hydrogens (tertiary/aromatic N) is 3. The molecule has 1 amide bonds. The molecule has 20 heavy (non-hydrogen) atoms. The molecule has 0 atom stereocenters. The molecule has 0 saturated heterocycles. The fourth-order valence-electron chi connectivity index (χ4n) is 1.85. The Morgan fingerprint density at radius 3 is 2.40 bits per heavy atom. The normalized spacial score (nSPS) is 10.1. The predicted molar refractivity (Wildman–Crippen MR) is 77.0 cm³/mol. The van der Waals surface area contributed by atoms with E-state index in [9.17, 15) is 4.79 Å². The summed E-state index contributed by atoms with van der Waals surface area (Å²) in [4.78, 5) is 14.1. The fourth-order valence-corrected chi connectivity index (χ4v) is 1.85. The van der Waals surface area contributed by atoms with Gasteiger partial charge >= 0.3 is 0 Å². The highest BCUT2D eigenvalue weighted by Gasteiger charge is 2.17. The maximum absolute atomic E-state index is 12.4. The third-order valence-corrected chi connectivity index (χ3v) is 2.78. The second kappa shape index (κ2) is 6.65. The van der Waals surface area contributed by atoms with E-state index in [4.69, 9.17) is 4.74 Å². The summed E-state index contributed by atoms with van der Waals surface area (Å²) in [7, 11) is 0. The third-order valence-electron chi connectivity index (χ3n) is 2.78. The van der Waals surface area contributed by atoms with Gasteiger partial charge in [-0.3, -0.25) is 4.79 Å². The molecule has 2 rings (SSSR count). The van der Waals surface area contributed by atoms with Crippen molar-refractivity contribution in [3.05, 3.63) is 48.2 Å². The number of carbonyl (C=O) groups excluding carboxylic acids is 1. The lowest BCUT2D eigenvalue weighted by Crippen LogP contribution is -2.31. The molecule has 0 aliphatic carbocycles. The van der Waals surface area contributed by atoms with Gasteiger partial charge in [-0.25, -0.2) is 0 Å². The van der Waals surface area contributed by atoms with Crippen molar-refractivity contribution in [3.63, 3.8) is 0 Å². The summed E-state index contributed by atoms with van der Waals surface area (Å²) < 4.78 is 5.21. The van der Waals surface area contributed by atoms with Crippen molar-refractivity contribution in [1.29, 1.82) is 0 Å². The molecule has 0 spiro atoms. The van der Waals surface area contributed by atoms with Gasteiger partial charge in [0.25, 0.3) is 5.91 Å². The zero-order chi connectivity index (χ0) is 14.4. The standard InChI is InChI=1S/C15H17N3O2/c1-3-18(12-8-6-5-7-9-12)15(19)13-10-11-14(17-16-13)20-4-2/h5-11H,3-4H2,1-2H3. The van der Waals surface area contributed by atoms with E-state index in [0.29, 0.717) is 24.7 Å². The Balaban J connectivity index is 2.20. The van der Waals surface area contributed by atoms with Gasteiger partial charge in [-0.15, -0.1) is 10.2 Å². The Kier molecular flexibility index (Phi) is 4.65. The van der Waals surface area contributed by atoms with E-state index in [1.165, 1.54) is 0 Å². The molecule has 0 unspecified atom stereocenters. The summed E-state index contributed by atoms with van der Waals surface area (Å²) in [6, 6.07) is 12.8. The summed E-state index contributed by atoms with van der Waals surface area (Å²) >= 11 is 0. The van der Waals surface area contributed by atoms with Gasteiger partial charge < -0.3 is 9.64 Å². The summed E-state index contributed by atoms with van der Waals surface area (Å²) in [6.07, 6.45) is 0. The van der Waals surface area contributed by atoms with E-state index in [-0.39, 0.29) is 5.91 Å². The highest BCUT2D eigenvalue weighted by Crippen LogP contribution is 2.16. The van der Waals surface area contributed by atoms with Gasteiger partial charge in [-0.2, -0.15) is 0 Å². The number of amides is 1. The van der Waals surface area contributed by atoms with Crippen LogP contribution in [0.25, 0.3) is 0 Å². The van der Waals surface area contributed by atoms with Crippen molar-refractivity contribution in [2.45, 2.75) is 13.8 Å². The number of rotatable bonds is 5. The van der Waals surface area contributed by atoms with Crippen molar-refractivity contribution in [2.75, 3.05) is 18.1 Å². The number of benzene rings is 1. The molecular weight excluding hydrogens is 254 g/mol. The second-order valence-corrected chi connectivity index (χ2v) is 4.07. The summed E-state index contributed by atoms with van der Waals surface area (Å²) in [5, 5.41) is 7.81. The predicted octanol–water partition coefficient (Wildman–Crippen LogP) is 2.54. The summed E-state index contributed by atoms with van der Waals surface area (Å²) in [6.45, 7) is 4.88. The SMILES string of the molecule is CCOc1ccc(C(=O)N(CC)c2ccccc2)nn1. The number of hydrogen-bond donors (Lipinski definition) is 0. The number of para-hydroxylation sites is 1. The van der Waals surface area contributed by atoms with Crippen LogP contribution in [-0.2, 0) is 0 Å². The van der Waals surface area contributed by atoms with E-state index in [2.05, 4.69) is 10.2 Å². The van der Waals surface area contributed by atoms with Crippen LogP contribution in [0.3, 0.4) is 0 Å². The van der Waals surface area contributed by atoms with E-state index < -0.39 is 0 Å². The van der Waals surface area contributed by atoms with Crippen molar-refractivity contribution in [1.82, 2.24) is 10.2 Å². The molecule has 1 aromatic heterocycles. The molecule has 104 valence electrons. The number of carbonyl (C=O) groups is 1. The number of ether oxygens (including phenoxy) is 1. The monoisotopic (exact) mass is 271 g/mol. The topological polar surface area (TPSA) is 55.3 Å². The fraction of sp³-hybridized carbons (Fsp3) is 0.267. The minimum absolute atomic E-state index is 0.172. The molecule has 0 aliphatic rings. The maximum Gasteiger partial charge on any atom is 0.278 e. The largest absolute Gasteiger partial charge is 0.477 e. The molecule has 2 aromatic rings. The van der Waals surface area contributed by atoms with Gasteiger partial charge in [-0.05, 0) is 32.0 Å². The first kappa shape index (κ1) is 14.0. The van der Waals surface area contributed by atoms with Crippen LogP contribution < -0.4 is 9.64 Å². The van der Waals surface area contributed by atoms with Gasteiger partial charge in [0.2, 0.25) is 5.88 Å². The lowest BCUT2D eigenvalue weighted by molar-refractivity contribution is 0.0982. The zero-order valence-corrected chi connectivity index (χ0v) is 11.6. The number of aromatic nitrogens is 2. The maximum atomic E-state index is 12.4. The van der Waals surface area contributed by atoms with Gasteiger partial charge in [0.05, 0.1) is 6.61 Å². The van der Waals surface area contributed by atoms with Crippen LogP contribution >= 0.6 is 0 Å². The van der Waals surface area contributed by atoms with Crippen molar-refractivity contribution >= 4 is 11.6 Å². The lowest BCUT2D eigenvalue weighted by atomic mass is 10.2. The van der Waals surface area contributed by atoms with Gasteiger partial charge in [-0.1, -0.05) is 18.2 Å². The summed E-state index contributed by atoms with van der Waals surface area (Å²) in [5.41, 5.74) is 1.15. The molecule has 0 bridgehead atoms. The quantitative estimate of drug-likeness (QED) is 0.838. The molecule has 0 saturated carbocycles. The Morgan fingerprint density at radius 1 is 1.10 bits per heavy atom. The Labute approximate surface area is 118 Å². The van der Waals surface area contributed by atoms with E-state index in [1.807, 2.05) is 44.2 Å². The average Bonchev–Trinajstić information content (AvgIpc) is 2.50. The average molecular weight is 271 g/mol. The molecule has 0 radical (unpaired) electrons. The lowest BCUT2D eigenvalue weighted by Gasteiger charge is -2.20. The van der Waals surface area contributed by atoms with E-state index in [1.54, 1.807) is 17.0 Å². The molecule has 1 heterocycles. The Hall–Kier alpha value is -2.43. The summed E-state index contributed by atoms with van der Waals surface area (Å²) in [5.74, 6) is 0.251. The first-order valence-electron chi connectivity index (χ1n) is 6.59. The van der Waals surface area contributed by atoms with E-state index in [0.717, 1.165) is 5.69 Å². The van der Waals surface area contributed by atoms with E-state index >= 15 is 0 Å². The van der Waals surface area contributed by atoms with Crippen LogP contribution in [0.15, 0.2) is 42.5 Å². The Bertz CT molecular complexity index is 555. The highest BCUT2D eigenvalue weighted by atomic mass is 16.5. The van der Waals surface area contributed by atoms with Crippen LogP contribution in [0.4, 0.5) is 5.69 Å². The van der Waals surface area contributed by atoms with Crippen LogP contribution in [-0.4, -0.2) is 29.3 Å². The molecule has 5 nitrogen and oxygen atoms in total.